The lowest BCUT2D eigenvalue weighted by Gasteiger charge is -1.81. The smallest absolute Gasteiger partial charge is 0.239 e. The van der Waals surface area contributed by atoms with Gasteiger partial charge in [-0.25, -0.2) is 0 Å². The Bertz CT molecular complexity index is 401. The lowest BCUT2D eigenvalue weighted by Crippen LogP contribution is -1.68. The molecule has 5 nitrogen and oxygen atoms in total. The molecule has 58 valence electrons. The van der Waals surface area contributed by atoms with Crippen LogP contribution < -0.4 is 0 Å². The Labute approximate surface area is 61.2 Å². The molecule has 0 aliphatic rings. The number of fused-ring (bicyclic) bond motifs is 1. The summed E-state index contributed by atoms with van der Waals surface area (Å²) in [6, 6.07) is 0. The van der Waals surface area contributed by atoms with E-state index in [1.54, 1.807) is 6.92 Å². The summed E-state index contributed by atoms with van der Waals surface area (Å²) in [6.07, 6.45) is 0. The van der Waals surface area contributed by atoms with Crippen LogP contribution in [-0.4, -0.2) is 20.4 Å². The zero-order valence-corrected chi connectivity index (χ0v) is 5.75. The van der Waals surface area contributed by atoms with E-state index in [4.69, 9.17) is 14.7 Å². The maximum absolute atomic E-state index is 9.15. The molecule has 0 aliphatic carbocycles. The molecule has 5 heteroatoms. The van der Waals surface area contributed by atoms with Crippen LogP contribution in [0.3, 0.4) is 0 Å². The summed E-state index contributed by atoms with van der Waals surface area (Å²) in [4.78, 5) is 2.31. The van der Waals surface area contributed by atoms with Gasteiger partial charge in [-0.15, -0.1) is 0 Å². The summed E-state index contributed by atoms with van der Waals surface area (Å²) in [5, 5.41) is 22.2. The van der Waals surface area contributed by atoms with E-state index < -0.39 is 0 Å². The second-order valence-corrected chi connectivity index (χ2v) is 2.29. The van der Waals surface area contributed by atoms with E-state index in [1.807, 2.05) is 0 Å². The summed E-state index contributed by atoms with van der Waals surface area (Å²) in [6.45, 7) is 1.68. The fourth-order valence-corrected chi connectivity index (χ4v) is 1.04. The molecule has 3 N–H and O–H groups in total. The number of aromatic hydroxyl groups is 2. The van der Waals surface area contributed by atoms with Crippen molar-refractivity contribution in [3.63, 3.8) is 0 Å². The van der Waals surface area contributed by atoms with E-state index in [0.717, 1.165) is 0 Å². The number of H-pyrrole nitrogens is 1. The van der Waals surface area contributed by atoms with Gasteiger partial charge in [-0.05, 0) is 6.92 Å². The van der Waals surface area contributed by atoms with E-state index in [2.05, 4.69) is 10.1 Å². The number of hydrogen-bond acceptors (Lipinski definition) is 4. The van der Waals surface area contributed by atoms with Crippen LogP contribution in [0.1, 0.15) is 5.69 Å². The number of nitrogens with zero attached hydrogens (tertiary/aromatic N) is 1. The fraction of sp³-hybridized carbons (Fsp3) is 0.167. The summed E-state index contributed by atoms with van der Waals surface area (Å²) in [7, 11) is 0. The largest absolute Gasteiger partial charge is 0.494 e. The molecule has 0 aromatic carbocycles. The highest BCUT2D eigenvalue weighted by Crippen LogP contribution is 2.33. The van der Waals surface area contributed by atoms with Crippen LogP contribution in [0.25, 0.3) is 11.0 Å². The molecule has 0 spiro atoms. The molecular weight excluding hydrogens is 148 g/mol. The van der Waals surface area contributed by atoms with Gasteiger partial charge in [0.05, 0.1) is 5.69 Å². The number of hydrogen-bond donors (Lipinski definition) is 3. The van der Waals surface area contributed by atoms with Crippen molar-refractivity contribution in [3.05, 3.63) is 5.69 Å². The Morgan fingerprint density at radius 2 is 2.09 bits per heavy atom. The summed E-state index contributed by atoms with van der Waals surface area (Å²) in [5.41, 5.74) is 0.744. The molecule has 0 radical (unpaired) electrons. The number of aryl methyl sites for hydroxylation is 1. The van der Waals surface area contributed by atoms with Crippen LogP contribution in [0.4, 0.5) is 0 Å². The number of aromatic amines is 1. The first-order valence-corrected chi connectivity index (χ1v) is 3.06. The molecule has 0 atom stereocenters. The third-order valence-corrected chi connectivity index (χ3v) is 1.55. The summed E-state index contributed by atoms with van der Waals surface area (Å²) >= 11 is 0. The van der Waals surface area contributed by atoms with Gasteiger partial charge >= 0.3 is 0 Å². The Balaban J connectivity index is 2.98. The molecule has 0 saturated heterocycles. The first-order valence-electron chi connectivity index (χ1n) is 3.06. The summed E-state index contributed by atoms with van der Waals surface area (Å²) < 4.78 is 4.71. The van der Waals surface area contributed by atoms with Gasteiger partial charge in [-0.2, -0.15) is 0 Å². The SMILES string of the molecule is Cc1noc2c(O)[nH]c(O)c12. The van der Waals surface area contributed by atoms with E-state index in [0.29, 0.717) is 11.1 Å². The van der Waals surface area contributed by atoms with Crippen molar-refractivity contribution in [3.8, 4) is 11.8 Å². The average Bonchev–Trinajstić information content (AvgIpc) is 2.41. The molecule has 0 aliphatic heterocycles. The molecule has 2 rings (SSSR count). The highest BCUT2D eigenvalue weighted by atomic mass is 16.5. The quantitative estimate of drug-likeness (QED) is 0.526. The van der Waals surface area contributed by atoms with Crippen LogP contribution >= 0.6 is 0 Å². The predicted octanol–water partition coefficient (Wildman–Crippen LogP) is 0.876. The molecule has 0 saturated carbocycles. The van der Waals surface area contributed by atoms with E-state index >= 15 is 0 Å². The first-order chi connectivity index (χ1) is 5.20. The molecule has 11 heavy (non-hydrogen) atoms. The van der Waals surface area contributed by atoms with Crippen molar-refractivity contribution in [2.24, 2.45) is 0 Å². The third-order valence-electron chi connectivity index (χ3n) is 1.55. The molecule has 2 aromatic heterocycles. The number of rotatable bonds is 0. The minimum Gasteiger partial charge on any atom is -0.494 e. The van der Waals surface area contributed by atoms with E-state index in [9.17, 15) is 0 Å². The van der Waals surface area contributed by atoms with Gasteiger partial charge in [0.25, 0.3) is 0 Å². The van der Waals surface area contributed by atoms with Gasteiger partial charge in [0, 0.05) is 0 Å². The van der Waals surface area contributed by atoms with E-state index in [1.165, 1.54) is 0 Å². The van der Waals surface area contributed by atoms with Crippen LogP contribution in [0.2, 0.25) is 0 Å². The van der Waals surface area contributed by atoms with Crippen LogP contribution in [-0.2, 0) is 0 Å². The van der Waals surface area contributed by atoms with Crippen LogP contribution in [0, 0.1) is 6.92 Å². The zero-order valence-electron chi connectivity index (χ0n) is 5.75. The Hall–Kier alpha value is -1.65. The molecular formula is C6H6N2O3. The van der Waals surface area contributed by atoms with Gasteiger partial charge in [0.15, 0.2) is 0 Å². The minimum atomic E-state index is -0.196. The van der Waals surface area contributed by atoms with Gasteiger partial charge in [0.2, 0.25) is 17.3 Å². The average molecular weight is 154 g/mol. The van der Waals surface area contributed by atoms with Crippen molar-refractivity contribution in [2.75, 3.05) is 0 Å². The molecule has 0 amide bonds. The van der Waals surface area contributed by atoms with Crippen LogP contribution in [0.5, 0.6) is 11.8 Å². The van der Waals surface area contributed by atoms with Gasteiger partial charge in [-0.1, -0.05) is 5.16 Å². The zero-order chi connectivity index (χ0) is 8.01. The Morgan fingerprint density at radius 1 is 1.36 bits per heavy atom. The second-order valence-electron chi connectivity index (χ2n) is 2.29. The molecule has 2 heterocycles. The van der Waals surface area contributed by atoms with Crippen molar-refractivity contribution in [2.45, 2.75) is 6.92 Å². The topological polar surface area (TPSA) is 82.3 Å². The van der Waals surface area contributed by atoms with E-state index in [-0.39, 0.29) is 17.3 Å². The molecule has 0 unspecified atom stereocenters. The molecule has 0 fully saturated rings. The normalized spacial score (nSPS) is 11.0. The maximum Gasteiger partial charge on any atom is 0.239 e. The minimum absolute atomic E-state index is 0.115. The van der Waals surface area contributed by atoms with Gasteiger partial charge < -0.3 is 14.7 Å². The molecule has 2 aromatic rings. The Kier molecular flexibility index (Phi) is 0.934. The van der Waals surface area contributed by atoms with Crippen molar-refractivity contribution in [1.29, 1.82) is 0 Å². The van der Waals surface area contributed by atoms with Crippen molar-refractivity contribution >= 4 is 11.0 Å². The monoisotopic (exact) mass is 154 g/mol. The Morgan fingerprint density at radius 3 is 2.73 bits per heavy atom. The predicted molar refractivity (Wildman–Crippen MR) is 36.4 cm³/mol. The number of nitrogens with one attached hydrogen (secondary N) is 1. The number of aromatic nitrogens is 2. The fourth-order valence-electron chi connectivity index (χ4n) is 1.04. The van der Waals surface area contributed by atoms with Crippen LogP contribution in [0.15, 0.2) is 4.52 Å². The highest BCUT2D eigenvalue weighted by molar-refractivity contribution is 5.89. The van der Waals surface area contributed by atoms with Gasteiger partial charge in [0.1, 0.15) is 5.39 Å². The van der Waals surface area contributed by atoms with Gasteiger partial charge in [-0.3, -0.25) is 4.98 Å². The summed E-state index contributed by atoms with van der Waals surface area (Å²) in [5.74, 6) is -0.311. The lowest BCUT2D eigenvalue weighted by atomic mass is 10.3. The first kappa shape index (κ1) is 6.09. The third kappa shape index (κ3) is 0.618. The standard InChI is InChI=1S/C6H6N2O3/c1-2-3-4(11-8-2)6(10)7-5(3)9/h7,9-10H,1H3. The van der Waals surface area contributed by atoms with Crippen molar-refractivity contribution in [1.82, 2.24) is 10.1 Å². The highest BCUT2D eigenvalue weighted by Gasteiger charge is 2.15. The van der Waals surface area contributed by atoms with Crippen molar-refractivity contribution < 1.29 is 14.7 Å². The second kappa shape index (κ2) is 1.69. The maximum atomic E-state index is 9.15. The lowest BCUT2D eigenvalue weighted by molar-refractivity contribution is 0.400. The molecule has 0 bridgehead atoms.